The summed E-state index contributed by atoms with van der Waals surface area (Å²) in [6.07, 6.45) is -0.384. The second kappa shape index (κ2) is 7.52. The number of ether oxygens (including phenoxy) is 1. The number of fused-ring (bicyclic) bond motifs is 2. The molecular weight excluding hydrogens is 422 g/mol. The van der Waals surface area contributed by atoms with E-state index in [9.17, 15) is 9.59 Å². The lowest BCUT2D eigenvalue weighted by Crippen LogP contribution is -2.57. The van der Waals surface area contributed by atoms with Gasteiger partial charge in [-0.05, 0) is 48.0 Å². The Balaban J connectivity index is 1.42. The van der Waals surface area contributed by atoms with Gasteiger partial charge in [-0.3, -0.25) is 15.0 Å². The van der Waals surface area contributed by atoms with Gasteiger partial charge in [0.05, 0.1) is 5.56 Å². The average Bonchev–Trinajstić information content (AvgIpc) is 2.70. The maximum atomic E-state index is 12.7. The largest absolute Gasteiger partial charge is 0.484 e. The van der Waals surface area contributed by atoms with Gasteiger partial charge in [-0.15, -0.1) is 0 Å². The number of amides is 2. The van der Waals surface area contributed by atoms with Gasteiger partial charge >= 0.3 is 0 Å². The van der Waals surface area contributed by atoms with Crippen molar-refractivity contribution in [3.63, 3.8) is 0 Å². The predicted octanol–water partition coefficient (Wildman–Crippen LogP) is 3.93. The first-order chi connectivity index (χ1) is 13.5. The van der Waals surface area contributed by atoms with Crippen molar-refractivity contribution in [1.82, 2.24) is 10.4 Å². The summed E-state index contributed by atoms with van der Waals surface area (Å²) in [5, 5.41) is 6.61. The van der Waals surface area contributed by atoms with Gasteiger partial charge in [0.15, 0.2) is 6.61 Å². The highest BCUT2D eigenvalue weighted by atomic mass is 79.9. The van der Waals surface area contributed by atoms with Crippen molar-refractivity contribution in [3.8, 4) is 5.75 Å². The molecule has 6 nitrogen and oxygen atoms in total. The molecule has 0 saturated carbocycles. The van der Waals surface area contributed by atoms with Crippen molar-refractivity contribution >= 4 is 44.2 Å². The molecule has 2 amide bonds. The molecule has 0 saturated heterocycles. The van der Waals surface area contributed by atoms with Crippen molar-refractivity contribution in [2.45, 2.75) is 13.1 Å². The standard InChI is InChI=1S/C21H18BrN3O3/c1-13-23-19-9-7-16(22)11-18(19)21(27)25(13)24-20(26)12-28-17-8-6-14-4-2-3-5-15(14)10-17/h2-11,13,23H,12H2,1H3,(H,24,26). The van der Waals surface area contributed by atoms with E-state index in [0.717, 1.165) is 20.9 Å². The molecule has 3 aromatic carbocycles. The van der Waals surface area contributed by atoms with Crippen LogP contribution in [0, 0.1) is 0 Å². The van der Waals surface area contributed by atoms with Gasteiger partial charge in [0.2, 0.25) is 0 Å². The highest BCUT2D eigenvalue weighted by molar-refractivity contribution is 9.10. The summed E-state index contributed by atoms with van der Waals surface area (Å²) < 4.78 is 6.39. The minimum Gasteiger partial charge on any atom is -0.484 e. The third-order valence-corrected chi connectivity index (χ3v) is 5.01. The quantitative estimate of drug-likeness (QED) is 0.645. The molecule has 1 atom stereocenters. The van der Waals surface area contributed by atoms with Crippen LogP contribution in [0.5, 0.6) is 5.75 Å². The summed E-state index contributed by atoms with van der Waals surface area (Å²) in [6.45, 7) is 1.60. The lowest BCUT2D eigenvalue weighted by Gasteiger charge is -2.35. The molecule has 1 aliphatic rings. The van der Waals surface area contributed by atoms with Crippen molar-refractivity contribution in [2.75, 3.05) is 11.9 Å². The van der Waals surface area contributed by atoms with Crippen LogP contribution in [0.3, 0.4) is 0 Å². The van der Waals surface area contributed by atoms with Gasteiger partial charge in [-0.1, -0.05) is 46.3 Å². The number of nitrogens with one attached hydrogen (secondary N) is 2. The summed E-state index contributed by atoms with van der Waals surface area (Å²) >= 11 is 3.37. The van der Waals surface area contributed by atoms with Crippen LogP contribution in [-0.4, -0.2) is 29.6 Å². The second-order valence-electron chi connectivity index (χ2n) is 6.52. The van der Waals surface area contributed by atoms with E-state index in [0.29, 0.717) is 11.3 Å². The van der Waals surface area contributed by atoms with E-state index < -0.39 is 5.91 Å². The van der Waals surface area contributed by atoms with Crippen molar-refractivity contribution in [3.05, 3.63) is 70.7 Å². The molecule has 0 aliphatic carbocycles. The predicted molar refractivity (Wildman–Crippen MR) is 111 cm³/mol. The molecule has 1 heterocycles. The fourth-order valence-electron chi connectivity index (χ4n) is 3.13. The monoisotopic (exact) mass is 439 g/mol. The summed E-state index contributed by atoms with van der Waals surface area (Å²) in [4.78, 5) is 25.1. The first kappa shape index (κ1) is 18.3. The van der Waals surface area contributed by atoms with E-state index in [1.807, 2.05) is 54.6 Å². The molecule has 0 bridgehead atoms. The fourth-order valence-corrected chi connectivity index (χ4v) is 3.50. The lowest BCUT2D eigenvalue weighted by atomic mass is 10.1. The third kappa shape index (κ3) is 3.66. The summed E-state index contributed by atoms with van der Waals surface area (Å²) in [5.74, 6) is -0.0884. The molecule has 0 fully saturated rings. The molecule has 142 valence electrons. The van der Waals surface area contributed by atoms with Crippen LogP contribution in [0.4, 0.5) is 5.69 Å². The summed E-state index contributed by atoms with van der Waals surface area (Å²) in [7, 11) is 0. The van der Waals surface area contributed by atoms with Crippen molar-refractivity contribution < 1.29 is 14.3 Å². The number of halogens is 1. The fraction of sp³-hybridized carbons (Fsp3) is 0.143. The molecule has 7 heteroatoms. The number of anilines is 1. The van der Waals surface area contributed by atoms with E-state index >= 15 is 0 Å². The number of rotatable bonds is 4. The molecule has 0 spiro atoms. The summed E-state index contributed by atoms with van der Waals surface area (Å²) in [5.41, 5.74) is 3.85. The van der Waals surface area contributed by atoms with Crippen LogP contribution >= 0.6 is 15.9 Å². The first-order valence-electron chi connectivity index (χ1n) is 8.82. The lowest BCUT2D eigenvalue weighted by molar-refractivity contribution is -0.127. The van der Waals surface area contributed by atoms with Crippen LogP contribution in [0.1, 0.15) is 17.3 Å². The maximum absolute atomic E-state index is 12.7. The van der Waals surface area contributed by atoms with Crippen LogP contribution in [0.25, 0.3) is 10.8 Å². The molecule has 0 aromatic heterocycles. The van der Waals surface area contributed by atoms with Crippen LogP contribution in [-0.2, 0) is 4.79 Å². The zero-order valence-corrected chi connectivity index (χ0v) is 16.7. The molecule has 0 radical (unpaired) electrons. The van der Waals surface area contributed by atoms with Crippen molar-refractivity contribution in [1.29, 1.82) is 0 Å². The third-order valence-electron chi connectivity index (χ3n) is 4.52. The molecule has 3 aromatic rings. The maximum Gasteiger partial charge on any atom is 0.276 e. The van der Waals surface area contributed by atoms with E-state index in [4.69, 9.17) is 4.74 Å². The van der Waals surface area contributed by atoms with Crippen LogP contribution < -0.4 is 15.5 Å². The minimum atomic E-state index is -0.409. The van der Waals surface area contributed by atoms with E-state index in [1.54, 1.807) is 13.0 Å². The Morgan fingerprint density at radius 2 is 1.93 bits per heavy atom. The zero-order chi connectivity index (χ0) is 19.7. The molecule has 2 N–H and O–H groups in total. The number of hydrogen-bond donors (Lipinski definition) is 2. The van der Waals surface area contributed by atoms with Gasteiger partial charge in [-0.2, -0.15) is 0 Å². The number of carbonyl (C=O) groups is 2. The normalized spacial score (nSPS) is 15.7. The second-order valence-corrected chi connectivity index (χ2v) is 7.43. The van der Waals surface area contributed by atoms with Crippen LogP contribution in [0.2, 0.25) is 0 Å². The number of hydrogen-bond acceptors (Lipinski definition) is 4. The minimum absolute atomic E-state index is 0.194. The van der Waals surface area contributed by atoms with Gasteiger partial charge < -0.3 is 10.1 Å². The Labute approximate surface area is 170 Å². The smallest absolute Gasteiger partial charge is 0.276 e. The number of nitrogens with zero attached hydrogens (tertiary/aromatic N) is 1. The summed E-state index contributed by atoms with van der Waals surface area (Å²) in [6, 6.07) is 19.0. The van der Waals surface area contributed by atoms with E-state index in [-0.39, 0.29) is 18.7 Å². The van der Waals surface area contributed by atoms with Gasteiger partial charge in [-0.25, -0.2) is 5.01 Å². The number of benzene rings is 3. The Morgan fingerprint density at radius 3 is 2.75 bits per heavy atom. The highest BCUT2D eigenvalue weighted by Gasteiger charge is 2.30. The Kier molecular flexibility index (Phi) is 4.92. The Hall–Kier alpha value is -3.06. The Morgan fingerprint density at radius 1 is 1.14 bits per heavy atom. The van der Waals surface area contributed by atoms with Crippen LogP contribution in [0.15, 0.2) is 65.1 Å². The van der Waals surface area contributed by atoms with Gasteiger partial charge in [0.1, 0.15) is 11.9 Å². The van der Waals surface area contributed by atoms with Gasteiger partial charge in [0, 0.05) is 10.2 Å². The average molecular weight is 440 g/mol. The SMILES string of the molecule is CC1Nc2ccc(Br)cc2C(=O)N1NC(=O)COc1ccc2ccccc2c1. The topological polar surface area (TPSA) is 70.7 Å². The number of hydrazine groups is 1. The Bertz CT molecular complexity index is 1070. The first-order valence-corrected chi connectivity index (χ1v) is 9.61. The molecule has 28 heavy (non-hydrogen) atoms. The highest BCUT2D eigenvalue weighted by Crippen LogP contribution is 2.27. The van der Waals surface area contributed by atoms with E-state index in [2.05, 4.69) is 26.7 Å². The van der Waals surface area contributed by atoms with Crippen molar-refractivity contribution in [2.24, 2.45) is 0 Å². The van der Waals surface area contributed by atoms with Gasteiger partial charge in [0.25, 0.3) is 11.8 Å². The molecule has 1 unspecified atom stereocenters. The molecular formula is C21H18BrN3O3. The molecule has 4 rings (SSSR count). The van der Waals surface area contributed by atoms with E-state index in [1.165, 1.54) is 5.01 Å². The number of carbonyl (C=O) groups excluding carboxylic acids is 2. The molecule has 1 aliphatic heterocycles. The zero-order valence-electron chi connectivity index (χ0n) is 15.1.